The van der Waals surface area contributed by atoms with Crippen LogP contribution in [0.1, 0.15) is 24.1 Å². The van der Waals surface area contributed by atoms with Gasteiger partial charge in [-0.3, -0.25) is 4.90 Å². The number of likely N-dealkylation sites (tertiary alicyclic amines) is 1. The summed E-state index contributed by atoms with van der Waals surface area (Å²) in [5.41, 5.74) is 2.48. The van der Waals surface area contributed by atoms with Crippen LogP contribution in [-0.4, -0.2) is 66.3 Å². The fourth-order valence-electron chi connectivity index (χ4n) is 3.89. The number of nitrogens with one attached hydrogen (secondary N) is 2. The SMILES string of the molecule is c1nc2c(c(N[C@@H]3COC[C@H]3N3CCCC3)n1)CCNCC2. The van der Waals surface area contributed by atoms with E-state index in [9.17, 15) is 0 Å². The van der Waals surface area contributed by atoms with Crippen molar-refractivity contribution in [3.05, 3.63) is 17.6 Å². The van der Waals surface area contributed by atoms with Gasteiger partial charge >= 0.3 is 0 Å². The van der Waals surface area contributed by atoms with Gasteiger partial charge in [0.15, 0.2) is 0 Å². The number of ether oxygens (including phenoxy) is 1. The Morgan fingerprint density at radius 2 is 2.00 bits per heavy atom. The van der Waals surface area contributed by atoms with Crippen molar-refractivity contribution in [1.29, 1.82) is 0 Å². The van der Waals surface area contributed by atoms with Gasteiger partial charge < -0.3 is 15.4 Å². The molecule has 1 aromatic heterocycles. The fourth-order valence-corrected chi connectivity index (χ4v) is 3.89. The van der Waals surface area contributed by atoms with Gasteiger partial charge in [0.05, 0.1) is 31.0 Å². The summed E-state index contributed by atoms with van der Waals surface area (Å²) in [6, 6.07) is 0.824. The molecule has 0 saturated carbocycles. The largest absolute Gasteiger partial charge is 0.378 e. The van der Waals surface area contributed by atoms with Crippen LogP contribution in [0.5, 0.6) is 0 Å². The first-order valence-electron chi connectivity index (χ1n) is 8.53. The summed E-state index contributed by atoms with van der Waals surface area (Å²) in [4.78, 5) is 11.6. The van der Waals surface area contributed by atoms with E-state index in [-0.39, 0.29) is 0 Å². The molecule has 4 rings (SSSR count). The molecule has 0 aliphatic carbocycles. The summed E-state index contributed by atoms with van der Waals surface area (Å²) in [6.45, 7) is 6.04. The molecule has 6 nitrogen and oxygen atoms in total. The number of nitrogens with zero attached hydrogens (tertiary/aromatic N) is 3. The molecule has 1 aromatic rings. The van der Waals surface area contributed by atoms with Gasteiger partial charge in [-0.05, 0) is 38.9 Å². The first kappa shape index (κ1) is 14.4. The normalized spacial score (nSPS) is 29.3. The molecule has 2 saturated heterocycles. The Hall–Kier alpha value is -1.24. The smallest absolute Gasteiger partial charge is 0.133 e. The van der Waals surface area contributed by atoms with E-state index in [0.29, 0.717) is 12.1 Å². The Bertz CT molecular complexity index is 517. The van der Waals surface area contributed by atoms with Crippen molar-refractivity contribution in [3.8, 4) is 0 Å². The van der Waals surface area contributed by atoms with E-state index in [1.807, 2.05) is 0 Å². The molecular weight excluding hydrogens is 278 g/mol. The second kappa shape index (κ2) is 6.48. The molecular formula is C16H25N5O. The third-order valence-corrected chi connectivity index (χ3v) is 5.11. The zero-order valence-electron chi connectivity index (χ0n) is 13.1. The molecule has 3 aliphatic rings. The fraction of sp³-hybridized carbons (Fsp3) is 0.750. The second-order valence-electron chi connectivity index (χ2n) is 6.50. The number of fused-ring (bicyclic) bond motifs is 1. The maximum Gasteiger partial charge on any atom is 0.133 e. The van der Waals surface area contributed by atoms with Crippen molar-refractivity contribution < 1.29 is 4.74 Å². The van der Waals surface area contributed by atoms with E-state index in [4.69, 9.17) is 4.74 Å². The Morgan fingerprint density at radius 1 is 1.14 bits per heavy atom. The Balaban J connectivity index is 1.53. The molecule has 0 amide bonds. The molecule has 0 aromatic carbocycles. The highest BCUT2D eigenvalue weighted by molar-refractivity contribution is 5.48. The first-order valence-corrected chi connectivity index (χ1v) is 8.53. The zero-order chi connectivity index (χ0) is 14.8. The topological polar surface area (TPSA) is 62.3 Å². The first-order chi connectivity index (χ1) is 10.9. The Morgan fingerprint density at radius 3 is 2.91 bits per heavy atom. The van der Waals surface area contributed by atoms with Crippen molar-refractivity contribution in [2.45, 2.75) is 37.8 Å². The van der Waals surface area contributed by atoms with Crippen LogP contribution >= 0.6 is 0 Å². The van der Waals surface area contributed by atoms with E-state index in [1.54, 1.807) is 6.33 Å². The highest BCUT2D eigenvalue weighted by Gasteiger charge is 2.35. The zero-order valence-corrected chi connectivity index (χ0v) is 13.1. The monoisotopic (exact) mass is 303 g/mol. The van der Waals surface area contributed by atoms with Gasteiger partial charge in [-0.15, -0.1) is 0 Å². The quantitative estimate of drug-likeness (QED) is 0.845. The van der Waals surface area contributed by atoms with Crippen molar-refractivity contribution in [2.75, 3.05) is 44.7 Å². The number of rotatable bonds is 3. The summed E-state index contributed by atoms with van der Waals surface area (Å²) in [5, 5.41) is 7.12. The summed E-state index contributed by atoms with van der Waals surface area (Å²) in [7, 11) is 0. The van der Waals surface area contributed by atoms with Crippen LogP contribution < -0.4 is 10.6 Å². The van der Waals surface area contributed by atoms with Gasteiger partial charge in [0.25, 0.3) is 0 Å². The number of hydrogen-bond acceptors (Lipinski definition) is 6. The average Bonchev–Trinajstić information content (AvgIpc) is 3.14. The lowest BCUT2D eigenvalue weighted by molar-refractivity contribution is 0.159. The molecule has 0 bridgehead atoms. The molecule has 0 spiro atoms. The molecule has 2 fully saturated rings. The van der Waals surface area contributed by atoms with Crippen LogP contribution in [0.3, 0.4) is 0 Å². The van der Waals surface area contributed by atoms with E-state index in [1.165, 1.54) is 37.2 Å². The predicted octanol–water partition coefficient (Wildman–Crippen LogP) is 0.440. The summed E-state index contributed by atoms with van der Waals surface area (Å²) < 4.78 is 5.76. The van der Waals surface area contributed by atoms with Crippen LogP contribution in [0.2, 0.25) is 0 Å². The van der Waals surface area contributed by atoms with Crippen LogP contribution in [0, 0.1) is 0 Å². The molecule has 120 valence electrons. The van der Waals surface area contributed by atoms with E-state index in [2.05, 4.69) is 25.5 Å². The molecule has 4 heterocycles. The molecule has 0 radical (unpaired) electrons. The maximum atomic E-state index is 5.76. The average molecular weight is 303 g/mol. The van der Waals surface area contributed by atoms with E-state index in [0.717, 1.165) is 45.0 Å². The summed E-state index contributed by atoms with van der Waals surface area (Å²) in [5.74, 6) is 1.02. The highest BCUT2D eigenvalue weighted by atomic mass is 16.5. The summed E-state index contributed by atoms with van der Waals surface area (Å²) in [6.07, 6.45) is 6.33. The van der Waals surface area contributed by atoms with Gasteiger partial charge in [0.2, 0.25) is 0 Å². The standard InChI is InChI=1S/C16H25N5O/c1-2-8-21(7-1)15-10-22-9-14(15)20-16-12-3-5-17-6-4-13(12)18-11-19-16/h11,14-15,17H,1-10H2,(H,18,19,20)/t14-,15-/m1/s1. The molecule has 3 aliphatic heterocycles. The Labute approximate surface area is 131 Å². The van der Waals surface area contributed by atoms with E-state index >= 15 is 0 Å². The summed E-state index contributed by atoms with van der Waals surface area (Å²) >= 11 is 0. The van der Waals surface area contributed by atoms with Gasteiger partial charge in [0, 0.05) is 18.5 Å². The third kappa shape index (κ3) is 2.83. The van der Waals surface area contributed by atoms with E-state index < -0.39 is 0 Å². The van der Waals surface area contributed by atoms with Gasteiger partial charge in [-0.2, -0.15) is 0 Å². The number of aromatic nitrogens is 2. The molecule has 22 heavy (non-hydrogen) atoms. The number of anilines is 1. The van der Waals surface area contributed by atoms with Crippen molar-refractivity contribution in [3.63, 3.8) is 0 Å². The minimum atomic E-state index is 0.341. The molecule has 0 unspecified atom stereocenters. The second-order valence-corrected chi connectivity index (χ2v) is 6.50. The predicted molar refractivity (Wildman–Crippen MR) is 85.1 cm³/mol. The third-order valence-electron chi connectivity index (χ3n) is 5.11. The maximum absolute atomic E-state index is 5.76. The number of hydrogen-bond donors (Lipinski definition) is 2. The molecule has 6 heteroatoms. The minimum absolute atomic E-state index is 0.341. The minimum Gasteiger partial charge on any atom is -0.378 e. The van der Waals surface area contributed by atoms with Crippen molar-refractivity contribution >= 4 is 5.82 Å². The van der Waals surface area contributed by atoms with Crippen LogP contribution in [0.25, 0.3) is 0 Å². The Kier molecular flexibility index (Phi) is 4.23. The lowest BCUT2D eigenvalue weighted by Gasteiger charge is -2.28. The van der Waals surface area contributed by atoms with Crippen LogP contribution in [0.4, 0.5) is 5.82 Å². The van der Waals surface area contributed by atoms with Crippen molar-refractivity contribution in [2.24, 2.45) is 0 Å². The van der Waals surface area contributed by atoms with Crippen molar-refractivity contribution in [1.82, 2.24) is 20.2 Å². The molecule has 2 atom stereocenters. The van der Waals surface area contributed by atoms with Crippen LogP contribution in [-0.2, 0) is 17.6 Å². The van der Waals surface area contributed by atoms with Gasteiger partial charge in [-0.1, -0.05) is 0 Å². The lowest BCUT2D eigenvalue weighted by atomic mass is 10.1. The highest BCUT2D eigenvalue weighted by Crippen LogP contribution is 2.24. The van der Waals surface area contributed by atoms with Gasteiger partial charge in [-0.25, -0.2) is 9.97 Å². The van der Waals surface area contributed by atoms with Crippen LogP contribution in [0.15, 0.2) is 6.33 Å². The molecule has 2 N–H and O–H groups in total. The van der Waals surface area contributed by atoms with Gasteiger partial charge in [0.1, 0.15) is 12.1 Å². The lowest BCUT2D eigenvalue weighted by Crippen LogP contribution is -2.45.